The van der Waals surface area contributed by atoms with Gasteiger partial charge in [-0.2, -0.15) is 0 Å². The van der Waals surface area contributed by atoms with Gasteiger partial charge in [0.15, 0.2) is 0 Å². The molecule has 1 aromatic rings. The van der Waals surface area contributed by atoms with Gasteiger partial charge in [-0.3, -0.25) is 14.9 Å². The second-order valence-corrected chi connectivity index (χ2v) is 2.97. The molecule has 2 N–H and O–H groups in total. The van der Waals surface area contributed by atoms with Gasteiger partial charge < -0.3 is 5.73 Å². The van der Waals surface area contributed by atoms with Crippen molar-refractivity contribution in [3.8, 4) is 11.8 Å². The molecule has 0 bridgehead atoms. The number of amides is 1. The fourth-order valence-corrected chi connectivity index (χ4v) is 1.06. The van der Waals surface area contributed by atoms with Crippen LogP contribution in [0.1, 0.15) is 5.56 Å². The molecule has 0 unspecified atom stereocenters. The minimum atomic E-state index is -0.848. The summed E-state index contributed by atoms with van der Waals surface area (Å²) < 4.78 is 0. The van der Waals surface area contributed by atoms with E-state index in [1.54, 1.807) is 0 Å². The SMILES string of the molecule is NC(=O)C#Cc1ccc(Cl)cc1[N+](=O)[O-]. The van der Waals surface area contributed by atoms with Crippen LogP contribution in [-0.4, -0.2) is 10.8 Å². The molecule has 0 saturated heterocycles. The monoisotopic (exact) mass is 224 g/mol. The summed E-state index contributed by atoms with van der Waals surface area (Å²) in [5, 5.41) is 10.8. The lowest BCUT2D eigenvalue weighted by atomic mass is 10.2. The Hall–Kier alpha value is -2.06. The number of hydrogen-bond donors (Lipinski definition) is 1. The molecule has 76 valence electrons. The second kappa shape index (κ2) is 4.44. The highest BCUT2D eigenvalue weighted by Crippen LogP contribution is 2.22. The molecule has 0 aliphatic carbocycles. The molecule has 0 spiro atoms. The van der Waals surface area contributed by atoms with Gasteiger partial charge in [-0.25, -0.2) is 0 Å². The maximum Gasteiger partial charge on any atom is 0.293 e. The molecular formula is C9H5ClN2O3. The Morgan fingerprint density at radius 3 is 2.73 bits per heavy atom. The lowest BCUT2D eigenvalue weighted by Crippen LogP contribution is -2.06. The molecule has 0 fully saturated rings. The molecule has 0 atom stereocenters. The summed E-state index contributed by atoms with van der Waals surface area (Å²) in [7, 11) is 0. The van der Waals surface area contributed by atoms with E-state index in [0.717, 1.165) is 6.07 Å². The second-order valence-electron chi connectivity index (χ2n) is 2.53. The van der Waals surface area contributed by atoms with Crippen molar-refractivity contribution in [2.24, 2.45) is 5.73 Å². The molecule has 1 rings (SSSR count). The molecule has 6 heteroatoms. The third-order valence-electron chi connectivity index (χ3n) is 1.48. The third kappa shape index (κ3) is 2.97. The number of rotatable bonds is 1. The van der Waals surface area contributed by atoms with Crippen molar-refractivity contribution in [2.45, 2.75) is 0 Å². The Balaban J connectivity index is 3.25. The topological polar surface area (TPSA) is 86.2 Å². The number of carbonyl (C=O) groups is 1. The highest BCUT2D eigenvalue weighted by Gasteiger charge is 2.12. The zero-order chi connectivity index (χ0) is 11.4. The Morgan fingerprint density at radius 1 is 1.53 bits per heavy atom. The number of benzene rings is 1. The number of halogens is 1. The molecule has 15 heavy (non-hydrogen) atoms. The van der Waals surface area contributed by atoms with E-state index in [4.69, 9.17) is 17.3 Å². The van der Waals surface area contributed by atoms with Crippen molar-refractivity contribution < 1.29 is 9.72 Å². The third-order valence-corrected chi connectivity index (χ3v) is 1.71. The number of nitrogens with two attached hydrogens (primary N) is 1. The highest BCUT2D eigenvalue weighted by atomic mass is 35.5. The van der Waals surface area contributed by atoms with Gasteiger partial charge in [-0.1, -0.05) is 11.6 Å². The number of primary amides is 1. The molecule has 0 aliphatic heterocycles. The van der Waals surface area contributed by atoms with Crippen molar-refractivity contribution in [1.29, 1.82) is 0 Å². The van der Waals surface area contributed by atoms with Gasteiger partial charge in [-0.05, 0) is 18.1 Å². The van der Waals surface area contributed by atoms with Crippen LogP contribution in [0, 0.1) is 22.0 Å². The predicted molar refractivity (Wildman–Crippen MR) is 54.2 cm³/mol. The summed E-state index contributed by atoms with van der Waals surface area (Å²) in [6.45, 7) is 0. The summed E-state index contributed by atoms with van der Waals surface area (Å²) in [5.74, 6) is 3.47. The fraction of sp³-hybridized carbons (Fsp3) is 0. The van der Waals surface area contributed by atoms with Crippen LogP contribution in [0.2, 0.25) is 5.02 Å². The number of nitro groups is 1. The van der Waals surface area contributed by atoms with Crippen molar-refractivity contribution in [3.05, 3.63) is 38.9 Å². The molecule has 0 heterocycles. The van der Waals surface area contributed by atoms with E-state index in [2.05, 4.69) is 5.92 Å². The minimum Gasteiger partial charge on any atom is -0.359 e. The minimum absolute atomic E-state index is 0.100. The maximum absolute atomic E-state index is 10.6. The van der Waals surface area contributed by atoms with Crippen LogP contribution >= 0.6 is 11.6 Å². The van der Waals surface area contributed by atoms with Gasteiger partial charge in [0.2, 0.25) is 0 Å². The Morgan fingerprint density at radius 2 is 2.20 bits per heavy atom. The lowest BCUT2D eigenvalue weighted by Gasteiger charge is -1.95. The summed E-state index contributed by atoms with van der Waals surface area (Å²) in [4.78, 5) is 20.3. The quantitative estimate of drug-likeness (QED) is 0.440. The number of hydrogen-bond acceptors (Lipinski definition) is 3. The molecule has 5 nitrogen and oxygen atoms in total. The summed E-state index contributed by atoms with van der Waals surface area (Å²) >= 11 is 5.58. The van der Waals surface area contributed by atoms with Crippen molar-refractivity contribution in [1.82, 2.24) is 0 Å². The van der Waals surface area contributed by atoms with Gasteiger partial charge in [0.25, 0.3) is 11.6 Å². The van der Waals surface area contributed by atoms with E-state index < -0.39 is 10.8 Å². The maximum atomic E-state index is 10.6. The van der Waals surface area contributed by atoms with E-state index in [-0.39, 0.29) is 16.3 Å². The molecular weight excluding hydrogens is 220 g/mol. The largest absolute Gasteiger partial charge is 0.359 e. The molecule has 0 radical (unpaired) electrons. The van der Waals surface area contributed by atoms with Crippen LogP contribution in [0.4, 0.5) is 5.69 Å². The van der Waals surface area contributed by atoms with Crippen LogP contribution in [0.25, 0.3) is 0 Å². The number of nitrogens with zero attached hydrogens (tertiary/aromatic N) is 1. The summed E-state index contributed by atoms with van der Waals surface area (Å²) in [5.41, 5.74) is 4.63. The van der Waals surface area contributed by atoms with E-state index in [1.165, 1.54) is 12.1 Å². The van der Waals surface area contributed by atoms with Gasteiger partial charge >= 0.3 is 0 Å². The number of nitro benzene ring substituents is 1. The summed E-state index contributed by atoms with van der Waals surface area (Å²) in [6.07, 6.45) is 0. The standard InChI is InChI=1S/C9H5ClN2O3/c10-7-3-1-6(2-4-9(11)13)8(5-7)12(14)15/h1,3,5H,(H2,11,13). The van der Waals surface area contributed by atoms with Gasteiger partial charge in [-0.15, -0.1) is 0 Å². The van der Waals surface area contributed by atoms with Gasteiger partial charge in [0, 0.05) is 17.0 Å². The zero-order valence-corrected chi connectivity index (χ0v) is 8.12. The average molecular weight is 225 g/mol. The fourth-order valence-electron chi connectivity index (χ4n) is 0.890. The average Bonchev–Trinajstić information content (AvgIpc) is 2.15. The smallest absolute Gasteiger partial charge is 0.293 e. The van der Waals surface area contributed by atoms with Crippen LogP contribution in [-0.2, 0) is 4.79 Å². The first-order valence-electron chi connectivity index (χ1n) is 3.76. The van der Waals surface area contributed by atoms with Gasteiger partial charge in [0.1, 0.15) is 5.56 Å². The summed E-state index contributed by atoms with van der Waals surface area (Å²) in [6, 6.07) is 3.96. The Kier molecular flexibility index (Phi) is 3.26. The zero-order valence-electron chi connectivity index (χ0n) is 7.36. The van der Waals surface area contributed by atoms with Crippen LogP contribution in [0.5, 0.6) is 0 Å². The first-order chi connectivity index (χ1) is 7.00. The van der Waals surface area contributed by atoms with Crippen LogP contribution in [0.3, 0.4) is 0 Å². The molecule has 0 aliphatic rings. The molecule has 0 saturated carbocycles. The molecule has 1 aromatic carbocycles. The van der Waals surface area contributed by atoms with Crippen LogP contribution < -0.4 is 5.73 Å². The lowest BCUT2D eigenvalue weighted by molar-refractivity contribution is -0.385. The highest BCUT2D eigenvalue weighted by molar-refractivity contribution is 6.30. The van der Waals surface area contributed by atoms with E-state index in [0.29, 0.717) is 0 Å². The number of carbonyl (C=O) groups excluding carboxylic acids is 1. The van der Waals surface area contributed by atoms with Crippen molar-refractivity contribution in [2.75, 3.05) is 0 Å². The van der Waals surface area contributed by atoms with E-state index >= 15 is 0 Å². The van der Waals surface area contributed by atoms with Crippen molar-refractivity contribution >= 4 is 23.2 Å². The Bertz CT molecular complexity index is 488. The first-order valence-corrected chi connectivity index (χ1v) is 4.14. The van der Waals surface area contributed by atoms with Gasteiger partial charge in [0.05, 0.1) is 4.92 Å². The van der Waals surface area contributed by atoms with E-state index in [9.17, 15) is 14.9 Å². The van der Waals surface area contributed by atoms with Crippen molar-refractivity contribution in [3.63, 3.8) is 0 Å². The Labute approximate surface area is 90.0 Å². The first kappa shape index (κ1) is 11.0. The van der Waals surface area contributed by atoms with E-state index in [1.807, 2.05) is 5.92 Å². The molecule has 0 aromatic heterocycles. The normalized spacial score (nSPS) is 8.87. The predicted octanol–water partition coefficient (Wildman–Crippen LogP) is 1.08. The van der Waals surface area contributed by atoms with Crippen LogP contribution in [0.15, 0.2) is 18.2 Å². The molecule has 1 amide bonds.